The van der Waals surface area contributed by atoms with Gasteiger partial charge in [-0.3, -0.25) is 0 Å². The predicted molar refractivity (Wildman–Crippen MR) is 78.3 cm³/mol. The summed E-state index contributed by atoms with van der Waals surface area (Å²) in [6.45, 7) is 16.5. The molecule has 0 aliphatic rings. The van der Waals surface area contributed by atoms with Crippen LogP contribution in [-0.2, 0) is 0 Å². The second-order valence-electron chi connectivity index (χ2n) is 4.68. The Morgan fingerprint density at radius 2 is 1.82 bits per heavy atom. The molecule has 0 radical (unpaired) electrons. The molecular weight excluding hydrogens is 204 g/mol. The molecule has 90 valence electrons. The second-order valence-corrected chi connectivity index (χ2v) is 4.68. The molecule has 0 saturated heterocycles. The van der Waals surface area contributed by atoms with Gasteiger partial charge in [0.25, 0.3) is 0 Å². The van der Waals surface area contributed by atoms with E-state index in [1.807, 2.05) is 12.2 Å². The van der Waals surface area contributed by atoms with Crippen LogP contribution in [0.5, 0.6) is 0 Å². The molecular formula is C17H22. The quantitative estimate of drug-likeness (QED) is 0.614. The number of hydrogen-bond donors (Lipinski definition) is 0. The Morgan fingerprint density at radius 3 is 2.29 bits per heavy atom. The smallest absolute Gasteiger partial charge is 0.0149 e. The highest BCUT2D eigenvalue weighted by molar-refractivity contribution is 5.79. The van der Waals surface area contributed by atoms with E-state index in [2.05, 4.69) is 59.1 Å². The van der Waals surface area contributed by atoms with Gasteiger partial charge in [-0.05, 0) is 47.6 Å². The average molecular weight is 226 g/mol. The molecule has 0 N–H and O–H groups in total. The first-order valence-corrected chi connectivity index (χ1v) is 6.08. The Balaban J connectivity index is 3.47. The lowest BCUT2D eigenvalue weighted by Crippen LogP contribution is -1.97. The first-order valence-electron chi connectivity index (χ1n) is 6.08. The van der Waals surface area contributed by atoms with Crippen LogP contribution in [0.25, 0.3) is 5.57 Å². The molecule has 17 heavy (non-hydrogen) atoms. The minimum absolute atomic E-state index is 0.546. The Morgan fingerprint density at radius 1 is 1.18 bits per heavy atom. The van der Waals surface area contributed by atoms with Gasteiger partial charge in [-0.25, -0.2) is 0 Å². The third-order valence-corrected chi connectivity index (χ3v) is 3.22. The summed E-state index contributed by atoms with van der Waals surface area (Å²) in [5.74, 6) is 0.546. The van der Waals surface area contributed by atoms with Crippen LogP contribution in [0.1, 0.15) is 43.4 Å². The van der Waals surface area contributed by atoms with Gasteiger partial charge in [-0.1, -0.05) is 57.4 Å². The standard InChI is InChI=1S/C17H22/c1-7-13(5)15(8-2)17-11-9-10-16(12(3)4)14(17)6/h7-12H,1-2H2,3-6H3/b15-13+. The summed E-state index contributed by atoms with van der Waals surface area (Å²) in [6, 6.07) is 6.48. The molecule has 0 nitrogen and oxygen atoms in total. The van der Waals surface area contributed by atoms with E-state index >= 15 is 0 Å². The Hall–Kier alpha value is -1.56. The van der Waals surface area contributed by atoms with Crippen molar-refractivity contribution >= 4 is 5.57 Å². The van der Waals surface area contributed by atoms with E-state index in [-0.39, 0.29) is 0 Å². The first-order chi connectivity index (χ1) is 8.02. The molecule has 1 aromatic rings. The third kappa shape index (κ3) is 2.76. The summed E-state index contributed by atoms with van der Waals surface area (Å²) >= 11 is 0. The molecule has 0 aromatic heterocycles. The fourth-order valence-corrected chi connectivity index (χ4v) is 2.16. The van der Waals surface area contributed by atoms with Crippen LogP contribution >= 0.6 is 0 Å². The first kappa shape index (κ1) is 13.5. The molecule has 0 heteroatoms. The largest absolute Gasteiger partial charge is 0.0988 e. The van der Waals surface area contributed by atoms with E-state index < -0.39 is 0 Å². The highest BCUT2D eigenvalue weighted by Crippen LogP contribution is 2.29. The van der Waals surface area contributed by atoms with E-state index in [1.54, 1.807) is 0 Å². The van der Waals surface area contributed by atoms with Crippen molar-refractivity contribution in [2.24, 2.45) is 0 Å². The van der Waals surface area contributed by atoms with Gasteiger partial charge in [0.2, 0.25) is 0 Å². The lowest BCUT2D eigenvalue weighted by atomic mass is 9.89. The summed E-state index contributed by atoms with van der Waals surface area (Å²) in [5.41, 5.74) is 6.37. The summed E-state index contributed by atoms with van der Waals surface area (Å²) in [4.78, 5) is 0. The number of allylic oxidation sites excluding steroid dienone is 4. The zero-order valence-corrected chi connectivity index (χ0v) is 11.4. The summed E-state index contributed by atoms with van der Waals surface area (Å²) in [5, 5.41) is 0. The van der Waals surface area contributed by atoms with Crippen LogP contribution < -0.4 is 0 Å². The molecule has 0 saturated carbocycles. The van der Waals surface area contributed by atoms with Crippen molar-refractivity contribution in [1.29, 1.82) is 0 Å². The lowest BCUT2D eigenvalue weighted by molar-refractivity contribution is 0.855. The van der Waals surface area contributed by atoms with Crippen LogP contribution in [0.15, 0.2) is 49.1 Å². The molecule has 0 unspecified atom stereocenters. The van der Waals surface area contributed by atoms with Crippen molar-refractivity contribution < 1.29 is 0 Å². The van der Waals surface area contributed by atoms with E-state index in [9.17, 15) is 0 Å². The summed E-state index contributed by atoms with van der Waals surface area (Å²) in [7, 11) is 0. The van der Waals surface area contributed by atoms with Crippen molar-refractivity contribution in [1.82, 2.24) is 0 Å². The van der Waals surface area contributed by atoms with Gasteiger partial charge >= 0.3 is 0 Å². The third-order valence-electron chi connectivity index (χ3n) is 3.22. The molecule has 1 rings (SSSR count). The Bertz CT molecular complexity index is 459. The van der Waals surface area contributed by atoms with Gasteiger partial charge in [-0.15, -0.1) is 0 Å². The van der Waals surface area contributed by atoms with Crippen molar-refractivity contribution in [2.75, 3.05) is 0 Å². The highest BCUT2D eigenvalue weighted by Gasteiger charge is 2.09. The molecule has 0 atom stereocenters. The van der Waals surface area contributed by atoms with Crippen molar-refractivity contribution in [2.45, 2.75) is 33.6 Å². The van der Waals surface area contributed by atoms with Crippen molar-refractivity contribution in [3.05, 3.63) is 65.8 Å². The SMILES string of the molecule is C=C/C(C)=C(\C=C)c1cccc(C(C)C)c1C. The molecule has 0 heterocycles. The van der Waals surface area contributed by atoms with Crippen LogP contribution in [0, 0.1) is 6.92 Å². The van der Waals surface area contributed by atoms with Gasteiger partial charge in [-0.2, -0.15) is 0 Å². The van der Waals surface area contributed by atoms with Crippen molar-refractivity contribution in [3.8, 4) is 0 Å². The highest BCUT2D eigenvalue weighted by atomic mass is 14.1. The van der Waals surface area contributed by atoms with Crippen molar-refractivity contribution in [3.63, 3.8) is 0 Å². The zero-order chi connectivity index (χ0) is 13.0. The number of benzene rings is 1. The minimum atomic E-state index is 0.546. The lowest BCUT2D eigenvalue weighted by Gasteiger charge is -2.15. The maximum Gasteiger partial charge on any atom is -0.0149 e. The second kappa shape index (κ2) is 5.67. The normalized spacial score (nSPS) is 12.3. The predicted octanol–water partition coefficient (Wildman–Crippen LogP) is 5.26. The molecule has 0 bridgehead atoms. The van der Waals surface area contributed by atoms with Gasteiger partial charge in [0.05, 0.1) is 0 Å². The zero-order valence-electron chi connectivity index (χ0n) is 11.4. The molecule has 0 aliphatic heterocycles. The molecule has 0 amide bonds. The maximum atomic E-state index is 3.92. The number of rotatable bonds is 4. The van der Waals surface area contributed by atoms with Gasteiger partial charge in [0.1, 0.15) is 0 Å². The van der Waals surface area contributed by atoms with E-state index in [1.165, 1.54) is 27.8 Å². The van der Waals surface area contributed by atoms with Gasteiger partial charge < -0.3 is 0 Å². The summed E-state index contributed by atoms with van der Waals surface area (Å²) in [6.07, 6.45) is 3.81. The molecule has 1 aromatic carbocycles. The van der Waals surface area contributed by atoms with Crippen LogP contribution in [-0.4, -0.2) is 0 Å². The number of hydrogen-bond acceptors (Lipinski definition) is 0. The van der Waals surface area contributed by atoms with E-state index in [4.69, 9.17) is 0 Å². The fourth-order valence-electron chi connectivity index (χ4n) is 2.16. The van der Waals surface area contributed by atoms with Crippen LogP contribution in [0.2, 0.25) is 0 Å². The maximum absolute atomic E-state index is 3.92. The molecule has 0 spiro atoms. The minimum Gasteiger partial charge on any atom is -0.0988 e. The van der Waals surface area contributed by atoms with Crippen LogP contribution in [0.3, 0.4) is 0 Å². The Labute approximate surface area is 105 Å². The van der Waals surface area contributed by atoms with Crippen LogP contribution in [0.4, 0.5) is 0 Å². The monoisotopic (exact) mass is 226 g/mol. The summed E-state index contributed by atoms with van der Waals surface area (Å²) < 4.78 is 0. The van der Waals surface area contributed by atoms with E-state index in [0.717, 1.165) is 0 Å². The van der Waals surface area contributed by atoms with Gasteiger partial charge in [0, 0.05) is 0 Å². The van der Waals surface area contributed by atoms with Gasteiger partial charge in [0.15, 0.2) is 0 Å². The topological polar surface area (TPSA) is 0 Å². The average Bonchev–Trinajstić information content (AvgIpc) is 2.31. The Kier molecular flexibility index (Phi) is 4.51. The van der Waals surface area contributed by atoms with E-state index in [0.29, 0.717) is 5.92 Å². The molecule has 0 fully saturated rings. The molecule has 0 aliphatic carbocycles. The fraction of sp³-hybridized carbons (Fsp3) is 0.294.